The molecule has 0 bridgehead atoms. The van der Waals surface area contributed by atoms with E-state index in [0.29, 0.717) is 13.1 Å². The van der Waals surface area contributed by atoms with Crippen LogP contribution in [0.1, 0.15) is 27.7 Å². The van der Waals surface area contributed by atoms with Crippen molar-refractivity contribution in [1.82, 2.24) is 10.2 Å². The number of carbonyl (C=O) groups is 1. The van der Waals surface area contributed by atoms with Crippen LogP contribution in [0, 0.1) is 0 Å². The van der Waals surface area contributed by atoms with Crippen LogP contribution in [0.4, 0.5) is 0 Å². The molecule has 1 aliphatic rings. The van der Waals surface area contributed by atoms with Gasteiger partial charge in [-0.1, -0.05) is 0 Å². The molecule has 0 aromatic heterocycles. The number of rotatable bonds is 4. The number of nitrogens with zero attached hydrogens (tertiary/aromatic N) is 1. The molecular weight excluding hydrogens is 218 g/mol. The normalized spacial score (nSPS) is 24.9. The van der Waals surface area contributed by atoms with Crippen LogP contribution in [0.2, 0.25) is 0 Å². The third-order valence-electron chi connectivity index (χ3n) is 2.63. The van der Waals surface area contributed by atoms with Gasteiger partial charge in [0.2, 0.25) is 5.91 Å². The van der Waals surface area contributed by atoms with Gasteiger partial charge in [0, 0.05) is 25.7 Å². The van der Waals surface area contributed by atoms with E-state index in [1.54, 1.807) is 0 Å². The fourth-order valence-electron chi connectivity index (χ4n) is 2.23. The Morgan fingerprint density at radius 3 is 2.76 bits per heavy atom. The van der Waals surface area contributed by atoms with Crippen molar-refractivity contribution < 1.29 is 9.53 Å². The minimum atomic E-state index is -0.236. The van der Waals surface area contributed by atoms with Gasteiger partial charge in [0.15, 0.2) is 0 Å². The van der Waals surface area contributed by atoms with Crippen molar-refractivity contribution >= 4 is 5.91 Å². The number of hydrogen-bond acceptors (Lipinski definition) is 4. The third kappa shape index (κ3) is 5.02. The van der Waals surface area contributed by atoms with Crippen LogP contribution in [-0.2, 0) is 9.53 Å². The number of carbonyl (C=O) groups excluding carboxylic acids is 1. The second kappa shape index (κ2) is 5.80. The van der Waals surface area contributed by atoms with E-state index >= 15 is 0 Å². The Balaban J connectivity index is 2.50. The molecule has 1 unspecified atom stereocenters. The van der Waals surface area contributed by atoms with E-state index in [4.69, 9.17) is 10.5 Å². The molecule has 100 valence electrons. The zero-order chi connectivity index (χ0) is 13.1. The predicted molar refractivity (Wildman–Crippen MR) is 67.7 cm³/mol. The maximum Gasteiger partial charge on any atom is 0.234 e. The van der Waals surface area contributed by atoms with Crippen LogP contribution in [-0.4, -0.2) is 54.7 Å². The number of ether oxygens (including phenoxy) is 1. The Labute approximate surface area is 104 Å². The molecule has 1 rings (SSSR count). The van der Waals surface area contributed by atoms with E-state index < -0.39 is 0 Å². The Morgan fingerprint density at radius 2 is 2.24 bits per heavy atom. The monoisotopic (exact) mass is 243 g/mol. The molecule has 3 N–H and O–H groups in total. The van der Waals surface area contributed by atoms with Crippen LogP contribution in [0.5, 0.6) is 0 Å². The molecule has 1 aliphatic heterocycles. The van der Waals surface area contributed by atoms with Gasteiger partial charge in [-0.15, -0.1) is 0 Å². The van der Waals surface area contributed by atoms with Gasteiger partial charge in [0.05, 0.1) is 18.2 Å². The van der Waals surface area contributed by atoms with Crippen molar-refractivity contribution in [2.24, 2.45) is 5.73 Å². The standard InChI is InChI=1S/C12H25N3O2/c1-9(2)14-11(16)7-15-6-10(5-13)17-12(3,4)8-15/h9-10H,5-8,13H2,1-4H3,(H,14,16). The number of morpholine rings is 1. The van der Waals surface area contributed by atoms with E-state index in [1.165, 1.54) is 0 Å². The SMILES string of the molecule is CC(C)NC(=O)CN1CC(CN)OC(C)(C)C1. The quantitative estimate of drug-likeness (QED) is 0.726. The number of amides is 1. The summed E-state index contributed by atoms with van der Waals surface area (Å²) in [6.45, 7) is 10.4. The van der Waals surface area contributed by atoms with Crippen molar-refractivity contribution in [2.45, 2.75) is 45.4 Å². The van der Waals surface area contributed by atoms with Gasteiger partial charge in [0.25, 0.3) is 0 Å². The smallest absolute Gasteiger partial charge is 0.234 e. The van der Waals surface area contributed by atoms with Crippen molar-refractivity contribution in [3.8, 4) is 0 Å². The Bertz CT molecular complexity index is 266. The lowest BCUT2D eigenvalue weighted by molar-refractivity contribution is -0.141. The molecule has 0 radical (unpaired) electrons. The average Bonchev–Trinajstić information content (AvgIpc) is 2.13. The molecule has 1 fully saturated rings. The summed E-state index contributed by atoms with van der Waals surface area (Å²) in [6, 6.07) is 0.182. The predicted octanol–water partition coefficient (Wildman–Crippen LogP) is -0.0509. The van der Waals surface area contributed by atoms with Gasteiger partial charge in [-0.2, -0.15) is 0 Å². The van der Waals surface area contributed by atoms with Gasteiger partial charge >= 0.3 is 0 Å². The van der Waals surface area contributed by atoms with Crippen LogP contribution in [0.3, 0.4) is 0 Å². The summed E-state index contributed by atoms with van der Waals surface area (Å²) in [5.41, 5.74) is 5.41. The maximum atomic E-state index is 11.7. The molecule has 0 aliphatic carbocycles. The lowest BCUT2D eigenvalue weighted by Crippen LogP contribution is -2.56. The number of nitrogens with one attached hydrogen (secondary N) is 1. The first-order valence-corrected chi connectivity index (χ1v) is 6.22. The molecule has 1 heterocycles. The zero-order valence-electron chi connectivity index (χ0n) is 11.3. The molecule has 0 saturated carbocycles. The molecule has 0 aromatic carbocycles. The van der Waals surface area contributed by atoms with Crippen LogP contribution >= 0.6 is 0 Å². The molecule has 5 nitrogen and oxygen atoms in total. The molecule has 17 heavy (non-hydrogen) atoms. The lowest BCUT2D eigenvalue weighted by atomic mass is 10.1. The van der Waals surface area contributed by atoms with E-state index in [-0.39, 0.29) is 23.7 Å². The molecule has 1 amide bonds. The van der Waals surface area contributed by atoms with Crippen LogP contribution in [0.25, 0.3) is 0 Å². The van der Waals surface area contributed by atoms with Crippen LogP contribution < -0.4 is 11.1 Å². The molecule has 0 aromatic rings. The van der Waals surface area contributed by atoms with E-state index in [2.05, 4.69) is 10.2 Å². The first kappa shape index (κ1) is 14.4. The van der Waals surface area contributed by atoms with E-state index in [1.807, 2.05) is 27.7 Å². The lowest BCUT2D eigenvalue weighted by Gasteiger charge is -2.42. The highest BCUT2D eigenvalue weighted by atomic mass is 16.5. The fourth-order valence-corrected chi connectivity index (χ4v) is 2.23. The molecule has 0 spiro atoms. The molecular formula is C12H25N3O2. The van der Waals surface area contributed by atoms with Gasteiger partial charge in [-0.3, -0.25) is 9.69 Å². The third-order valence-corrected chi connectivity index (χ3v) is 2.63. The highest BCUT2D eigenvalue weighted by Crippen LogP contribution is 2.20. The van der Waals surface area contributed by atoms with Gasteiger partial charge in [-0.05, 0) is 27.7 Å². The summed E-state index contributed by atoms with van der Waals surface area (Å²) in [5.74, 6) is 0.0634. The van der Waals surface area contributed by atoms with Gasteiger partial charge in [0.1, 0.15) is 0 Å². The van der Waals surface area contributed by atoms with E-state index in [0.717, 1.165) is 13.1 Å². The minimum Gasteiger partial charge on any atom is -0.368 e. The second-order valence-electron chi connectivity index (χ2n) is 5.63. The topological polar surface area (TPSA) is 67.6 Å². The van der Waals surface area contributed by atoms with Gasteiger partial charge < -0.3 is 15.8 Å². The molecule has 5 heteroatoms. The highest BCUT2D eigenvalue weighted by Gasteiger charge is 2.33. The number of hydrogen-bond donors (Lipinski definition) is 2. The summed E-state index contributed by atoms with van der Waals surface area (Å²) < 4.78 is 5.82. The fraction of sp³-hybridized carbons (Fsp3) is 0.917. The zero-order valence-corrected chi connectivity index (χ0v) is 11.3. The summed E-state index contributed by atoms with van der Waals surface area (Å²) in [6.07, 6.45) is 0.0191. The molecule has 1 atom stereocenters. The Kier molecular flexibility index (Phi) is 4.91. The van der Waals surface area contributed by atoms with Crippen molar-refractivity contribution in [2.75, 3.05) is 26.2 Å². The second-order valence-corrected chi connectivity index (χ2v) is 5.63. The summed E-state index contributed by atoms with van der Waals surface area (Å²) in [5, 5.41) is 2.90. The first-order chi connectivity index (χ1) is 7.82. The Morgan fingerprint density at radius 1 is 1.59 bits per heavy atom. The highest BCUT2D eigenvalue weighted by molar-refractivity contribution is 5.78. The van der Waals surface area contributed by atoms with E-state index in [9.17, 15) is 4.79 Å². The molecule has 1 saturated heterocycles. The van der Waals surface area contributed by atoms with Crippen molar-refractivity contribution in [3.05, 3.63) is 0 Å². The summed E-state index contributed by atoms with van der Waals surface area (Å²) in [4.78, 5) is 13.8. The summed E-state index contributed by atoms with van der Waals surface area (Å²) >= 11 is 0. The minimum absolute atomic E-state index is 0.0191. The average molecular weight is 243 g/mol. The summed E-state index contributed by atoms with van der Waals surface area (Å²) in [7, 11) is 0. The van der Waals surface area contributed by atoms with Crippen LogP contribution in [0.15, 0.2) is 0 Å². The van der Waals surface area contributed by atoms with Gasteiger partial charge in [-0.25, -0.2) is 0 Å². The first-order valence-electron chi connectivity index (χ1n) is 6.22. The maximum absolute atomic E-state index is 11.7. The Hall–Kier alpha value is -0.650. The largest absolute Gasteiger partial charge is 0.368 e. The van der Waals surface area contributed by atoms with Crippen molar-refractivity contribution in [1.29, 1.82) is 0 Å². The number of nitrogens with two attached hydrogens (primary N) is 1. The van der Waals surface area contributed by atoms with Crippen molar-refractivity contribution in [3.63, 3.8) is 0 Å².